The van der Waals surface area contributed by atoms with Crippen molar-refractivity contribution in [3.63, 3.8) is 0 Å². The molecule has 0 aliphatic rings. The lowest BCUT2D eigenvalue weighted by Gasteiger charge is -2.29. The number of benzene rings is 2. The van der Waals surface area contributed by atoms with Gasteiger partial charge in [-0.2, -0.15) is 0 Å². The minimum Gasteiger partial charge on any atom is -0.497 e. The molecule has 0 radical (unpaired) electrons. The molecule has 2 aromatic rings. The Balaban J connectivity index is 2.07. The van der Waals surface area contributed by atoms with E-state index in [1.165, 1.54) is 0 Å². The van der Waals surface area contributed by atoms with Crippen LogP contribution < -0.4 is 10.1 Å². The van der Waals surface area contributed by atoms with Crippen LogP contribution in [-0.2, 0) is 16.1 Å². The van der Waals surface area contributed by atoms with Crippen molar-refractivity contribution in [1.82, 2.24) is 10.2 Å². The van der Waals surface area contributed by atoms with E-state index < -0.39 is 6.04 Å². The van der Waals surface area contributed by atoms with Gasteiger partial charge in [-0.25, -0.2) is 0 Å². The summed E-state index contributed by atoms with van der Waals surface area (Å²) in [5.74, 6) is 1.22. The smallest absolute Gasteiger partial charge is 0.242 e. The third-order valence-corrected chi connectivity index (χ3v) is 5.35. The Hall–Kier alpha value is -2.47. The van der Waals surface area contributed by atoms with E-state index in [0.717, 1.165) is 16.2 Å². The molecule has 0 aliphatic carbocycles. The van der Waals surface area contributed by atoms with Crippen LogP contribution in [0, 0.1) is 0 Å². The van der Waals surface area contributed by atoms with Crippen molar-refractivity contribution in [3.8, 4) is 5.75 Å². The number of ether oxygens (including phenoxy) is 1. The third kappa shape index (κ3) is 6.60. The van der Waals surface area contributed by atoms with Crippen LogP contribution in [0.4, 0.5) is 0 Å². The van der Waals surface area contributed by atoms with E-state index >= 15 is 0 Å². The molecule has 0 heterocycles. The summed E-state index contributed by atoms with van der Waals surface area (Å²) < 4.78 is 5.27. The van der Waals surface area contributed by atoms with Crippen molar-refractivity contribution in [2.75, 3.05) is 19.4 Å². The monoisotopic (exact) mass is 400 g/mol. The van der Waals surface area contributed by atoms with Gasteiger partial charge >= 0.3 is 0 Å². The molecule has 0 saturated heterocycles. The molecule has 5 nitrogen and oxygen atoms in total. The van der Waals surface area contributed by atoms with E-state index in [1.54, 1.807) is 30.7 Å². The van der Waals surface area contributed by atoms with Crippen LogP contribution in [0.1, 0.15) is 25.8 Å². The number of carbonyl (C=O) groups is 2. The highest BCUT2D eigenvalue weighted by Crippen LogP contribution is 2.20. The number of hydrogen-bond acceptors (Lipinski definition) is 4. The molecule has 150 valence electrons. The number of amides is 2. The van der Waals surface area contributed by atoms with Crippen molar-refractivity contribution in [2.45, 2.75) is 37.8 Å². The first-order chi connectivity index (χ1) is 13.5. The fourth-order valence-corrected chi connectivity index (χ4v) is 3.65. The first kappa shape index (κ1) is 21.8. The van der Waals surface area contributed by atoms with E-state index in [-0.39, 0.29) is 11.8 Å². The van der Waals surface area contributed by atoms with Gasteiger partial charge in [-0.05, 0) is 43.7 Å². The van der Waals surface area contributed by atoms with Gasteiger partial charge in [-0.1, -0.05) is 30.3 Å². The van der Waals surface area contributed by atoms with Crippen LogP contribution >= 0.6 is 11.8 Å². The van der Waals surface area contributed by atoms with Crippen LogP contribution in [0.15, 0.2) is 59.5 Å². The largest absolute Gasteiger partial charge is 0.497 e. The second-order valence-corrected chi connectivity index (χ2v) is 7.52. The molecule has 2 aromatic carbocycles. The second kappa shape index (κ2) is 11.4. The maximum absolute atomic E-state index is 12.9. The highest BCUT2D eigenvalue weighted by Gasteiger charge is 2.25. The van der Waals surface area contributed by atoms with Crippen LogP contribution in [0.2, 0.25) is 0 Å². The Morgan fingerprint density at radius 2 is 1.89 bits per heavy atom. The van der Waals surface area contributed by atoms with Crippen molar-refractivity contribution in [1.29, 1.82) is 0 Å². The summed E-state index contributed by atoms with van der Waals surface area (Å²) in [5, 5.41) is 2.81. The van der Waals surface area contributed by atoms with E-state index in [9.17, 15) is 9.59 Å². The molecular weight excluding hydrogens is 372 g/mol. The predicted octanol–water partition coefficient (Wildman–Crippen LogP) is 3.73. The molecule has 0 bridgehead atoms. The summed E-state index contributed by atoms with van der Waals surface area (Å²) in [5.41, 5.74) is 0.930. The number of nitrogens with one attached hydrogen (secondary N) is 1. The van der Waals surface area contributed by atoms with Gasteiger partial charge in [0.15, 0.2) is 0 Å². The Kier molecular flexibility index (Phi) is 8.88. The van der Waals surface area contributed by atoms with E-state index in [0.29, 0.717) is 25.3 Å². The summed E-state index contributed by atoms with van der Waals surface area (Å²) >= 11 is 1.64. The van der Waals surface area contributed by atoms with Gasteiger partial charge in [0.1, 0.15) is 11.8 Å². The number of methoxy groups -OCH3 is 1. The zero-order valence-electron chi connectivity index (χ0n) is 16.7. The third-order valence-electron chi connectivity index (χ3n) is 4.33. The molecule has 0 fully saturated rings. The van der Waals surface area contributed by atoms with Crippen molar-refractivity contribution in [2.24, 2.45) is 0 Å². The SMILES string of the molecule is CCNC(=O)C(C)N(Cc1cccc(OC)c1)C(=O)CCSc1ccccc1. The van der Waals surface area contributed by atoms with E-state index in [2.05, 4.69) is 5.32 Å². The molecule has 1 unspecified atom stereocenters. The van der Waals surface area contributed by atoms with Crippen LogP contribution in [-0.4, -0.2) is 42.2 Å². The molecule has 2 amide bonds. The minimum absolute atomic E-state index is 0.0370. The number of carbonyl (C=O) groups excluding carboxylic acids is 2. The average Bonchev–Trinajstić information content (AvgIpc) is 2.72. The lowest BCUT2D eigenvalue weighted by atomic mass is 10.1. The zero-order valence-corrected chi connectivity index (χ0v) is 17.5. The Morgan fingerprint density at radius 1 is 1.14 bits per heavy atom. The van der Waals surface area contributed by atoms with Crippen molar-refractivity contribution >= 4 is 23.6 Å². The number of thioether (sulfide) groups is 1. The van der Waals surface area contributed by atoms with Gasteiger partial charge in [-0.3, -0.25) is 9.59 Å². The average molecular weight is 401 g/mol. The van der Waals surface area contributed by atoms with Gasteiger partial charge in [0, 0.05) is 30.2 Å². The second-order valence-electron chi connectivity index (χ2n) is 6.36. The van der Waals surface area contributed by atoms with Crippen LogP contribution in [0.5, 0.6) is 5.75 Å². The Bertz CT molecular complexity index is 767. The summed E-state index contributed by atoms with van der Waals surface area (Å²) in [6.45, 7) is 4.54. The molecule has 28 heavy (non-hydrogen) atoms. The fourth-order valence-electron chi connectivity index (χ4n) is 2.79. The quantitative estimate of drug-likeness (QED) is 0.618. The fraction of sp³-hybridized carbons (Fsp3) is 0.364. The molecular formula is C22H28N2O3S. The van der Waals surface area contributed by atoms with Crippen molar-refractivity contribution < 1.29 is 14.3 Å². The Morgan fingerprint density at radius 3 is 2.57 bits per heavy atom. The molecule has 0 spiro atoms. The zero-order chi connectivity index (χ0) is 20.4. The molecule has 6 heteroatoms. The molecule has 2 rings (SSSR count). The lowest BCUT2D eigenvalue weighted by Crippen LogP contribution is -2.47. The maximum atomic E-state index is 12.9. The van der Waals surface area contributed by atoms with E-state index in [1.807, 2.05) is 61.5 Å². The highest BCUT2D eigenvalue weighted by molar-refractivity contribution is 7.99. The first-order valence-corrected chi connectivity index (χ1v) is 10.4. The first-order valence-electron chi connectivity index (χ1n) is 9.43. The summed E-state index contributed by atoms with van der Waals surface area (Å²) in [6, 6.07) is 17.0. The van der Waals surface area contributed by atoms with Gasteiger partial charge in [0.2, 0.25) is 11.8 Å². The number of rotatable bonds is 10. The summed E-state index contributed by atoms with van der Waals surface area (Å²) in [4.78, 5) is 28.1. The van der Waals surface area contributed by atoms with Crippen molar-refractivity contribution in [3.05, 3.63) is 60.2 Å². The van der Waals surface area contributed by atoms with Gasteiger partial charge < -0.3 is 15.0 Å². The lowest BCUT2D eigenvalue weighted by molar-refractivity contribution is -0.140. The summed E-state index contributed by atoms with van der Waals surface area (Å²) in [6.07, 6.45) is 0.368. The molecule has 0 saturated carbocycles. The van der Waals surface area contributed by atoms with Gasteiger partial charge in [0.05, 0.1) is 7.11 Å². The van der Waals surface area contributed by atoms with Crippen LogP contribution in [0.25, 0.3) is 0 Å². The van der Waals surface area contributed by atoms with Crippen LogP contribution in [0.3, 0.4) is 0 Å². The summed E-state index contributed by atoms with van der Waals surface area (Å²) in [7, 11) is 1.61. The number of likely N-dealkylation sites (N-methyl/N-ethyl adjacent to an activating group) is 1. The number of hydrogen-bond donors (Lipinski definition) is 1. The molecule has 0 aliphatic heterocycles. The Labute approximate surface area is 171 Å². The maximum Gasteiger partial charge on any atom is 0.242 e. The molecule has 1 atom stereocenters. The normalized spacial score (nSPS) is 11.5. The topological polar surface area (TPSA) is 58.6 Å². The minimum atomic E-state index is -0.541. The van der Waals surface area contributed by atoms with E-state index in [4.69, 9.17) is 4.74 Å². The molecule has 1 N–H and O–H groups in total. The highest BCUT2D eigenvalue weighted by atomic mass is 32.2. The van der Waals surface area contributed by atoms with Gasteiger partial charge in [0.25, 0.3) is 0 Å². The predicted molar refractivity (Wildman–Crippen MR) is 113 cm³/mol. The molecule has 0 aromatic heterocycles. The standard InChI is InChI=1S/C22H28N2O3S/c1-4-23-22(26)17(2)24(16-18-9-8-10-19(15-18)27-3)21(25)13-14-28-20-11-6-5-7-12-20/h5-12,15,17H,4,13-14,16H2,1-3H3,(H,23,26). The number of nitrogens with zero attached hydrogens (tertiary/aromatic N) is 1. The van der Waals surface area contributed by atoms with Gasteiger partial charge in [-0.15, -0.1) is 11.8 Å².